The van der Waals surface area contributed by atoms with Crippen LogP contribution in [0.5, 0.6) is 5.75 Å². The van der Waals surface area contributed by atoms with Crippen LogP contribution in [-0.4, -0.2) is 30.5 Å². The highest BCUT2D eigenvalue weighted by atomic mass is 16.5. The number of rotatable bonds is 10. The number of ketones is 1. The monoisotopic (exact) mass is 319 g/mol. The van der Waals surface area contributed by atoms with Crippen LogP contribution in [0.4, 0.5) is 0 Å². The molecule has 0 aliphatic heterocycles. The van der Waals surface area contributed by atoms with Crippen LogP contribution >= 0.6 is 0 Å². The molecule has 126 valence electrons. The molecule has 5 nitrogen and oxygen atoms in total. The maximum Gasteiger partial charge on any atom is 0.234 e. The summed E-state index contributed by atoms with van der Waals surface area (Å²) in [6.45, 7) is 5.33. The lowest BCUT2D eigenvalue weighted by Crippen LogP contribution is -2.45. The molecular weight excluding hydrogens is 294 g/mol. The highest BCUT2D eigenvalue weighted by molar-refractivity contribution is 6.05. The van der Waals surface area contributed by atoms with Crippen LogP contribution in [0.15, 0.2) is 36.9 Å². The zero-order valence-corrected chi connectivity index (χ0v) is 13.8. The van der Waals surface area contributed by atoms with Gasteiger partial charge in [0.2, 0.25) is 5.91 Å². The molecule has 5 heteroatoms. The van der Waals surface area contributed by atoms with Crippen LogP contribution in [0, 0.1) is 5.41 Å². The molecule has 0 spiro atoms. The first-order valence-corrected chi connectivity index (χ1v) is 7.64. The molecular formula is C18H25NO4. The quantitative estimate of drug-likeness (QED) is 0.512. The molecule has 23 heavy (non-hydrogen) atoms. The summed E-state index contributed by atoms with van der Waals surface area (Å²) in [6.07, 6.45) is 2.53. The SMILES string of the molecule is C=CC[C@@](CCCO)(C(C)=O)C(=O)NCc1ccc(OC)cc1. The maximum atomic E-state index is 12.6. The number of Topliss-reactive ketones (excluding diaryl/α,β-unsaturated/α-hetero) is 1. The summed E-state index contributed by atoms with van der Waals surface area (Å²) in [5, 5.41) is 11.9. The second kappa shape index (κ2) is 9.10. The van der Waals surface area contributed by atoms with Gasteiger partial charge in [0.05, 0.1) is 7.11 Å². The van der Waals surface area contributed by atoms with Crippen molar-refractivity contribution in [1.29, 1.82) is 0 Å². The van der Waals surface area contributed by atoms with E-state index in [0.29, 0.717) is 19.4 Å². The van der Waals surface area contributed by atoms with E-state index in [4.69, 9.17) is 9.84 Å². The molecule has 0 radical (unpaired) electrons. The molecule has 1 rings (SSSR count). The number of benzene rings is 1. The first-order valence-electron chi connectivity index (χ1n) is 7.64. The summed E-state index contributed by atoms with van der Waals surface area (Å²) in [4.78, 5) is 24.7. The van der Waals surface area contributed by atoms with Crippen molar-refractivity contribution < 1.29 is 19.4 Å². The highest BCUT2D eigenvalue weighted by Gasteiger charge is 2.41. The minimum Gasteiger partial charge on any atom is -0.497 e. The molecule has 2 N–H and O–H groups in total. The Hall–Kier alpha value is -2.14. The summed E-state index contributed by atoms with van der Waals surface area (Å²) in [6, 6.07) is 7.34. The predicted octanol–water partition coefficient (Wildman–Crippen LogP) is 2.24. The Bertz CT molecular complexity index is 538. The Kier molecular flexibility index (Phi) is 7.48. The molecule has 0 saturated carbocycles. The lowest BCUT2D eigenvalue weighted by Gasteiger charge is -2.28. The number of hydrogen-bond acceptors (Lipinski definition) is 4. The lowest BCUT2D eigenvalue weighted by molar-refractivity contribution is -0.141. The molecule has 0 aromatic heterocycles. The van der Waals surface area contributed by atoms with E-state index in [9.17, 15) is 9.59 Å². The lowest BCUT2D eigenvalue weighted by atomic mass is 9.75. The molecule has 1 aromatic carbocycles. The predicted molar refractivity (Wildman–Crippen MR) is 89.1 cm³/mol. The smallest absolute Gasteiger partial charge is 0.234 e. The van der Waals surface area contributed by atoms with E-state index in [-0.39, 0.29) is 24.7 Å². The number of aliphatic hydroxyl groups is 1. The van der Waals surface area contributed by atoms with Crippen LogP contribution in [0.25, 0.3) is 0 Å². The van der Waals surface area contributed by atoms with Gasteiger partial charge in [0.25, 0.3) is 0 Å². The van der Waals surface area contributed by atoms with Gasteiger partial charge >= 0.3 is 0 Å². The van der Waals surface area contributed by atoms with Gasteiger partial charge < -0.3 is 15.2 Å². The van der Waals surface area contributed by atoms with E-state index in [0.717, 1.165) is 11.3 Å². The van der Waals surface area contributed by atoms with Gasteiger partial charge in [0.1, 0.15) is 16.9 Å². The molecule has 0 aliphatic rings. The van der Waals surface area contributed by atoms with Gasteiger partial charge in [-0.1, -0.05) is 18.2 Å². The van der Waals surface area contributed by atoms with E-state index >= 15 is 0 Å². The normalized spacial score (nSPS) is 13.0. The Morgan fingerprint density at radius 3 is 2.48 bits per heavy atom. The van der Waals surface area contributed by atoms with Crippen molar-refractivity contribution in [3.05, 3.63) is 42.5 Å². The number of methoxy groups -OCH3 is 1. The first-order chi connectivity index (χ1) is 11.0. The average Bonchev–Trinajstić information content (AvgIpc) is 2.56. The van der Waals surface area contributed by atoms with E-state index < -0.39 is 5.41 Å². The van der Waals surface area contributed by atoms with Crippen molar-refractivity contribution in [2.75, 3.05) is 13.7 Å². The zero-order chi connectivity index (χ0) is 17.3. The summed E-state index contributed by atoms with van der Waals surface area (Å²) < 4.78 is 5.09. The molecule has 0 aliphatic carbocycles. The van der Waals surface area contributed by atoms with Gasteiger partial charge in [-0.3, -0.25) is 9.59 Å². The van der Waals surface area contributed by atoms with E-state index in [1.165, 1.54) is 6.92 Å². The molecule has 0 saturated heterocycles. The summed E-state index contributed by atoms with van der Waals surface area (Å²) in [5.74, 6) is 0.208. The summed E-state index contributed by atoms with van der Waals surface area (Å²) in [7, 11) is 1.59. The number of nitrogens with one attached hydrogen (secondary N) is 1. The van der Waals surface area contributed by atoms with Gasteiger partial charge in [0.15, 0.2) is 0 Å². The Balaban J connectivity index is 2.82. The second-order valence-electron chi connectivity index (χ2n) is 5.49. The van der Waals surface area contributed by atoms with Gasteiger partial charge in [-0.2, -0.15) is 0 Å². The Morgan fingerprint density at radius 2 is 2.00 bits per heavy atom. The van der Waals surface area contributed by atoms with E-state index in [1.807, 2.05) is 24.3 Å². The number of carbonyl (C=O) groups excluding carboxylic acids is 2. The molecule has 1 amide bonds. The fraction of sp³-hybridized carbons (Fsp3) is 0.444. The zero-order valence-electron chi connectivity index (χ0n) is 13.8. The third-order valence-corrected chi connectivity index (χ3v) is 3.98. The van der Waals surface area contributed by atoms with Crippen LogP contribution in [-0.2, 0) is 16.1 Å². The van der Waals surface area contributed by atoms with Crippen molar-refractivity contribution in [3.63, 3.8) is 0 Å². The molecule has 0 unspecified atom stereocenters. The first kappa shape index (κ1) is 18.9. The molecule has 1 aromatic rings. The fourth-order valence-electron chi connectivity index (χ4n) is 2.51. The minimum absolute atomic E-state index is 0.0576. The van der Waals surface area contributed by atoms with E-state index in [2.05, 4.69) is 11.9 Å². The number of amides is 1. The van der Waals surface area contributed by atoms with Gasteiger partial charge in [-0.15, -0.1) is 6.58 Å². The number of carbonyl (C=O) groups is 2. The van der Waals surface area contributed by atoms with Gasteiger partial charge in [-0.25, -0.2) is 0 Å². The van der Waals surface area contributed by atoms with Gasteiger partial charge in [-0.05, 0) is 43.9 Å². The number of hydrogen-bond donors (Lipinski definition) is 2. The number of ether oxygens (including phenoxy) is 1. The van der Waals surface area contributed by atoms with Crippen LogP contribution < -0.4 is 10.1 Å². The van der Waals surface area contributed by atoms with Crippen LogP contribution in [0.2, 0.25) is 0 Å². The summed E-state index contributed by atoms with van der Waals surface area (Å²) >= 11 is 0. The third kappa shape index (κ3) is 4.93. The standard InChI is InChI=1S/C18H25NO4/c1-4-10-18(14(2)21,11-5-12-20)17(22)19-13-15-6-8-16(23-3)9-7-15/h4,6-9,20H,1,5,10-13H2,2-3H3,(H,19,22)/t18-/m1/s1. The van der Waals surface area contributed by atoms with E-state index in [1.54, 1.807) is 13.2 Å². The summed E-state index contributed by atoms with van der Waals surface area (Å²) in [5.41, 5.74) is -0.242. The molecule has 0 fully saturated rings. The minimum atomic E-state index is -1.16. The van der Waals surface area contributed by atoms with Crippen molar-refractivity contribution in [1.82, 2.24) is 5.32 Å². The maximum absolute atomic E-state index is 12.6. The van der Waals surface area contributed by atoms with Crippen LogP contribution in [0.3, 0.4) is 0 Å². The Labute approximate surface area is 137 Å². The van der Waals surface area contributed by atoms with Crippen LogP contribution in [0.1, 0.15) is 31.7 Å². The molecule has 0 bridgehead atoms. The van der Waals surface area contributed by atoms with Gasteiger partial charge in [0, 0.05) is 13.2 Å². The number of allylic oxidation sites excluding steroid dienone is 1. The fourth-order valence-corrected chi connectivity index (χ4v) is 2.51. The largest absolute Gasteiger partial charge is 0.497 e. The Morgan fingerprint density at radius 1 is 1.35 bits per heavy atom. The van der Waals surface area contributed by atoms with Crippen molar-refractivity contribution in [2.45, 2.75) is 32.7 Å². The molecule has 0 heterocycles. The third-order valence-electron chi connectivity index (χ3n) is 3.98. The highest BCUT2D eigenvalue weighted by Crippen LogP contribution is 2.30. The van der Waals surface area contributed by atoms with Crippen molar-refractivity contribution in [2.24, 2.45) is 5.41 Å². The average molecular weight is 319 g/mol. The molecule has 1 atom stereocenters. The second-order valence-corrected chi connectivity index (χ2v) is 5.49. The van der Waals surface area contributed by atoms with Crippen molar-refractivity contribution >= 4 is 11.7 Å². The van der Waals surface area contributed by atoms with Crippen molar-refractivity contribution in [3.8, 4) is 5.75 Å². The number of aliphatic hydroxyl groups excluding tert-OH is 1. The topological polar surface area (TPSA) is 75.6 Å².